The third-order valence-corrected chi connectivity index (χ3v) is 3.09. The Hall–Kier alpha value is -1.12. The highest BCUT2D eigenvalue weighted by Gasteiger charge is 2.36. The maximum atomic E-state index is 11.8. The molecule has 1 aliphatic heterocycles. The maximum Gasteiger partial charge on any atom is 0.414 e. The predicted octanol–water partition coefficient (Wildman–Crippen LogP) is 1.01. The van der Waals surface area contributed by atoms with Crippen molar-refractivity contribution in [3.63, 3.8) is 0 Å². The number of hydrogen-bond acceptors (Lipinski definition) is 3. The van der Waals surface area contributed by atoms with Crippen molar-refractivity contribution in [2.75, 3.05) is 0 Å². The molecule has 2 heterocycles. The van der Waals surface area contributed by atoms with Gasteiger partial charge in [0.15, 0.2) is 0 Å². The molecular weight excluding hydrogens is 313 g/mol. The molecule has 1 atom stereocenters. The molecule has 6 nitrogen and oxygen atoms in total. The first-order valence-corrected chi connectivity index (χ1v) is 5.38. The number of fused-ring (bicyclic) bond motifs is 1. The minimum atomic E-state index is -1.21. The lowest BCUT2D eigenvalue weighted by molar-refractivity contribution is 0.0597. The van der Waals surface area contributed by atoms with E-state index in [1.54, 1.807) is 17.8 Å². The van der Waals surface area contributed by atoms with Crippen molar-refractivity contribution >= 4 is 34.6 Å². The largest absolute Gasteiger partial charge is 0.465 e. The number of aromatic nitrogens is 2. The highest BCUT2D eigenvalue weighted by molar-refractivity contribution is 14.1. The Morgan fingerprint density at radius 3 is 3.00 bits per heavy atom. The molecule has 15 heavy (non-hydrogen) atoms. The molecule has 2 rings (SSSR count). The number of nitrogens with zero attached hydrogens (tertiary/aromatic N) is 3. The lowest BCUT2D eigenvalue weighted by Gasteiger charge is -2.29. The van der Waals surface area contributed by atoms with Gasteiger partial charge in [-0.05, 0) is 29.5 Å². The van der Waals surface area contributed by atoms with Crippen LogP contribution in [0.2, 0.25) is 0 Å². The molecule has 2 amide bonds. The quantitative estimate of drug-likeness (QED) is 0.724. The van der Waals surface area contributed by atoms with E-state index in [2.05, 4.69) is 5.10 Å². The van der Waals surface area contributed by atoms with Crippen LogP contribution in [0, 0.1) is 3.57 Å². The molecule has 80 valence electrons. The van der Waals surface area contributed by atoms with Gasteiger partial charge >= 0.3 is 6.09 Å². The van der Waals surface area contributed by atoms with Crippen molar-refractivity contribution < 1.29 is 14.7 Å². The zero-order valence-electron chi connectivity index (χ0n) is 7.85. The summed E-state index contributed by atoms with van der Waals surface area (Å²) in [5.74, 6) is -0.497. The van der Waals surface area contributed by atoms with Gasteiger partial charge < -0.3 is 5.11 Å². The summed E-state index contributed by atoms with van der Waals surface area (Å²) >= 11 is 1.97. The Morgan fingerprint density at radius 1 is 1.73 bits per heavy atom. The summed E-state index contributed by atoms with van der Waals surface area (Å²) in [5, 5.41) is 12.9. The van der Waals surface area contributed by atoms with Gasteiger partial charge in [0, 0.05) is 0 Å². The zero-order valence-corrected chi connectivity index (χ0v) is 10.0. The van der Waals surface area contributed by atoms with E-state index in [1.807, 2.05) is 22.6 Å². The zero-order chi connectivity index (χ0) is 11.2. The van der Waals surface area contributed by atoms with Gasteiger partial charge in [-0.2, -0.15) is 5.10 Å². The predicted molar refractivity (Wildman–Crippen MR) is 58.6 cm³/mol. The smallest absolute Gasteiger partial charge is 0.414 e. The highest BCUT2D eigenvalue weighted by atomic mass is 127. The number of imide groups is 1. The van der Waals surface area contributed by atoms with E-state index in [4.69, 9.17) is 5.11 Å². The van der Waals surface area contributed by atoms with E-state index in [0.717, 1.165) is 4.90 Å². The number of halogens is 1. The van der Waals surface area contributed by atoms with Gasteiger partial charge in [-0.1, -0.05) is 0 Å². The first-order valence-electron chi connectivity index (χ1n) is 4.30. The fourth-order valence-electron chi connectivity index (χ4n) is 1.64. The van der Waals surface area contributed by atoms with Crippen LogP contribution in [0.15, 0.2) is 6.20 Å². The SMILES string of the molecule is C[C@@H]1Cn2ncc(I)c2C(=O)N1C(=O)O. The van der Waals surface area contributed by atoms with Gasteiger partial charge in [0.1, 0.15) is 5.69 Å². The molecule has 7 heteroatoms. The Kier molecular flexibility index (Phi) is 2.41. The Balaban J connectivity index is 2.50. The second-order valence-corrected chi connectivity index (χ2v) is 4.49. The summed E-state index contributed by atoms with van der Waals surface area (Å²) in [5.41, 5.74) is 0.358. The third kappa shape index (κ3) is 1.50. The third-order valence-electron chi connectivity index (χ3n) is 2.30. The Morgan fingerprint density at radius 2 is 2.40 bits per heavy atom. The molecule has 0 fully saturated rings. The van der Waals surface area contributed by atoms with Crippen LogP contribution < -0.4 is 0 Å². The van der Waals surface area contributed by atoms with E-state index in [0.29, 0.717) is 15.8 Å². The summed E-state index contributed by atoms with van der Waals surface area (Å²) in [6.45, 7) is 2.10. The number of amides is 2. The van der Waals surface area contributed by atoms with Crippen LogP contribution >= 0.6 is 22.6 Å². The second kappa shape index (κ2) is 3.47. The molecule has 1 aromatic rings. The van der Waals surface area contributed by atoms with Crippen molar-refractivity contribution in [1.29, 1.82) is 0 Å². The van der Waals surface area contributed by atoms with Gasteiger partial charge in [-0.3, -0.25) is 9.48 Å². The first-order chi connectivity index (χ1) is 7.02. The molecule has 0 aromatic carbocycles. The van der Waals surface area contributed by atoms with Gasteiger partial charge in [-0.15, -0.1) is 0 Å². The van der Waals surface area contributed by atoms with Crippen molar-refractivity contribution in [2.45, 2.75) is 19.5 Å². The molecule has 1 aliphatic rings. The maximum absolute atomic E-state index is 11.8. The summed E-state index contributed by atoms with van der Waals surface area (Å²) < 4.78 is 2.23. The average molecular weight is 321 g/mol. The monoisotopic (exact) mass is 321 g/mol. The highest BCUT2D eigenvalue weighted by Crippen LogP contribution is 2.21. The van der Waals surface area contributed by atoms with E-state index in [-0.39, 0.29) is 6.04 Å². The number of carboxylic acid groups (broad SMARTS) is 1. The van der Waals surface area contributed by atoms with Gasteiger partial charge in [0.2, 0.25) is 0 Å². The topological polar surface area (TPSA) is 75.4 Å². The van der Waals surface area contributed by atoms with E-state index in [9.17, 15) is 9.59 Å². The van der Waals surface area contributed by atoms with Crippen LogP contribution in [0.4, 0.5) is 4.79 Å². The molecular formula is C8H8IN3O3. The minimum Gasteiger partial charge on any atom is -0.465 e. The van der Waals surface area contributed by atoms with Gasteiger partial charge in [-0.25, -0.2) is 9.69 Å². The van der Waals surface area contributed by atoms with Crippen LogP contribution in [-0.4, -0.2) is 37.8 Å². The van der Waals surface area contributed by atoms with Crippen LogP contribution in [0.5, 0.6) is 0 Å². The number of carbonyl (C=O) groups excluding carboxylic acids is 1. The Bertz CT molecular complexity index is 442. The van der Waals surface area contributed by atoms with Crippen molar-refractivity contribution in [3.8, 4) is 0 Å². The van der Waals surface area contributed by atoms with Crippen LogP contribution in [0.3, 0.4) is 0 Å². The molecule has 0 aliphatic carbocycles. The molecule has 1 aromatic heterocycles. The van der Waals surface area contributed by atoms with Gasteiger partial charge in [0.05, 0.1) is 22.4 Å². The lowest BCUT2D eigenvalue weighted by Crippen LogP contribution is -2.49. The number of rotatable bonds is 0. The summed E-state index contributed by atoms with van der Waals surface area (Å²) in [4.78, 5) is 23.6. The van der Waals surface area contributed by atoms with Crippen molar-refractivity contribution in [3.05, 3.63) is 15.5 Å². The fraction of sp³-hybridized carbons (Fsp3) is 0.375. The normalized spacial score (nSPS) is 20.3. The molecule has 0 saturated carbocycles. The minimum absolute atomic E-state index is 0.358. The first kappa shape index (κ1) is 10.4. The van der Waals surface area contributed by atoms with Crippen LogP contribution in [0.1, 0.15) is 17.4 Å². The average Bonchev–Trinajstić information content (AvgIpc) is 2.46. The molecule has 0 unspecified atom stereocenters. The number of carbonyl (C=O) groups is 2. The summed E-state index contributed by atoms with van der Waals surface area (Å²) in [7, 11) is 0. The van der Waals surface area contributed by atoms with Crippen molar-refractivity contribution in [1.82, 2.24) is 14.7 Å². The lowest BCUT2D eigenvalue weighted by atomic mass is 10.2. The fourth-order valence-corrected chi connectivity index (χ4v) is 2.27. The molecule has 0 spiro atoms. The van der Waals surface area contributed by atoms with E-state index in [1.165, 1.54) is 0 Å². The van der Waals surface area contributed by atoms with Crippen LogP contribution in [-0.2, 0) is 6.54 Å². The summed E-state index contributed by atoms with van der Waals surface area (Å²) in [6.07, 6.45) is 0.349. The standard InChI is InChI=1S/C8H8IN3O3/c1-4-3-11-6(5(9)2-10-11)7(13)12(4)8(14)15/h2,4H,3H2,1H3,(H,14,15)/t4-/m1/s1. The van der Waals surface area contributed by atoms with Gasteiger partial charge in [0.25, 0.3) is 5.91 Å². The van der Waals surface area contributed by atoms with Crippen molar-refractivity contribution in [2.24, 2.45) is 0 Å². The molecule has 0 saturated heterocycles. The second-order valence-electron chi connectivity index (χ2n) is 3.33. The number of hydrogen-bond donors (Lipinski definition) is 1. The summed E-state index contributed by atoms with van der Waals surface area (Å²) in [6, 6.07) is -0.377. The molecule has 0 bridgehead atoms. The van der Waals surface area contributed by atoms with E-state index < -0.39 is 12.0 Å². The molecule has 0 radical (unpaired) electrons. The van der Waals surface area contributed by atoms with E-state index >= 15 is 0 Å². The van der Waals surface area contributed by atoms with Crippen LogP contribution in [0.25, 0.3) is 0 Å². The molecule has 1 N–H and O–H groups in total. The Labute approximate surface area is 99.0 Å².